The Morgan fingerprint density at radius 3 is 2.44 bits per heavy atom. The average Bonchev–Trinajstić information content (AvgIpc) is 2.54. The molecule has 2 aromatic carbocycles. The number of halogens is 1. The Bertz CT molecular complexity index is 617. The molecule has 0 saturated carbocycles. The minimum Gasteiger partial charge on any atom is -0.507 e. The molecule has 0 radical (unpaired) electrons. The second kappa shape index (κ2) is 3.19. The number of aromatic hydroxyl groups is 1. The summed E-state index contributed by atoms with van der Waals surface area (Å²) in [6, 6.07) is 10.8. The minimum absolute atomic E-state index is 0.0329. The van der Waals surface area contributed by atoms with Crippen molar-refractivity contribution in [1.29, 1.82) is 0 Å². The molecule has 2 aromatic rings. The van der Waals surface area contributed by atoms with Gasteiger partial charge in [-0.1, -0.05) is 40.2 Å². The van der Waals surface area contributed by atoms with Crippen LogP contribution in [0.2, 0.25) is 0 Å². The van der Waals surface area contributed by atoms with Crippen molar-refractivity contribution >= 4 is 21.7 Å². The van der Waals surface area contributed by atoms with E-state index in [2.05, 4.69) is 15.9 Å². The fourth-order valence-electron chi connectivity index (χ4n) is 2.09. The number of hydrogen-bond donors (Lipinski definition) is 1. The molecule has 3 heteroatoms. The van der Waals surface area contributed by atoms with E-state index in [0.29, 0.717) is 11.1 Å². The molecule has 0 unspecified atom stereocenters. The molecule has 0 heterocycles. The van der Waals surface area contributed by atoms with Gasteiger partial charge < -0.3 is 5.11 Å². The first-order chi connectivity index (χ1) is 7.68. The minimum atomic E-state index is -0.101. The summed E-state index contributed by atoms with van der Waals surface area (Å²) in [6.45, 7) is 0. The van der Waals surface area contributed by atoms with Crippen molar-refractivity contribution in [3.8, 4) is 16.9 Å². The number of carbonyl (C=O) groups is 1. The third-order valence-corrected chi connectivity index (χ3v) is 3.23. The van der Waals surface area contributed by atoms with Gasteiger partial charge in [-0.15, -0.1) is 0 Å². The fraction of sp³-hybridized carbons (Fsp3) is 0. The van der Waals surface area contributed by atoms with Crippen LogP contribution in [0.15, 0.2) is 40.9 Å². The van der Waals surface area contributed by atoms with Crippen LogP contribution in [0.1, 0.15) is 15.9 Å². The molecule has 0 amide bonds. The van der Waals surface area contributed by atoms with Crippen LogP contribution in [0, 0.1) is 0 Å². The van der Waals surface area contributed by atoms with Crippen LogP contribution in [0.25, 0.3) is 11.1 Å². The van der Waals surface area contributed by atoms with Crippen LogP contribution < -0.4 is 0 Å². The Balaban J connectivity index is 2.42. The van der Waals surface area contributed by atoms with E-state index < -0.39 is 0 Å². The van der Waals surface area contributed by atoms with Crippen molar-refractivity contribution in [2.45, 2.75) is 0 Å². The smallest absolute Gasteiger partial charge is 0.197 e. The lowest BCUT2D eigenvalue weighted by molar-refractivity contribution is 0.104. The van der Waals surface area contributed by atoms with Gasteiger partial charge in [0.1, 0.15) is 5.75 Å². The van der Waals surface area contributed by atoms with Gasteiger partial charge in [-0.3, -0.25) is 4.79 Å². The Labute approximate surface area is 101 Å². The number of phenols is 1. The number of carbonyl (C=O) groups excluding carboxylic acids is 1. The average molecular weight is 275 g/mol. The van der Waals surface area contributed by atoms with E-state index in [0.717, 1.165) is 15.6 Å². The molecule has 0 bridgehead atoms. The van der Waals surface area contributed by atoms with Gasteiger partial charge in [-0.25, -0.2) is 0 Å². The highest BCUT2D eigenvalue weighted by molar-refractivity contribution is 9.10. The van der Waals surface area contributed by atoms with E-state index in [-0.39, 0.29) is 11.5 Å². The van der Waals surface area contributed by atoms with E-state index in [1.165, 1.54) is 0 Å². The van der Waals surface area contributed by atoms with Gasteiger partial charge in [0.2, 0.25) is 0 Å². The first-order valence-corrected chi connectivity index (χ1v) is 5.64. The van der Waals surface area contributed by atoms with Crippen molar-refractivity contribution in [3.63, 3.8) is 0 Å². The monoisotopic (exact) mass is 274 g/mol. The van der Waals surface area contributed by atoms with Crippen molar-refractivity contribution in [2.24, 2.45) is 0 Å². The van der Waals surface area contributed by atoms with Gasteiger partial charge in [0.25, 0.3) is 0 Å². The van der Waals surface area contributed by atoms with E-state index in [4.69, 9.17) is 0 Å². The lowest BCUT2D eigenvalue weighted by Gasteiger charge is -2.02. The number of benzene rings is 2. The summed E-state index contributed by atoms with van der Waals surface area (Å²) in [5.74, 6) is -0.0684. The molecular formula is C13H7BrO2. The Hall–Kier alpha value is -1.61. The molecule has 0 saturated heterocycles. The van der Waals surface area contributed by atoms with Crippen LogP contribution in [0.3, 0.4) is 0 Å². The summed E-state index contributed by atoms with van der Waals surface area (Å²) >= 11 is 3.32. The molecule has 1 N–H and O–H groups in total. The molecule has 0 aromatic heterocycles. The van der Waals surface area contributed by atoms with Gasteiger partial charge in [0, 0.05) is 10.0 Å². The molecule has 0 aliphatic heterocycles. The predicted octanol–water partition coefficient (Wildman–Crippen LogP) is 3.37. The number of fused-ring (bicyclic) bond motifs is 3. The summed E-state index contributed by atoms with van der Waals surface area (Å²) in [5, 5.41) is 9.80. The Morgan fingerprint density at radius 1 is 1.00 bits per heavy atom. The molecule has 0 fully saturated rings. The highest BCUT2D eigenvalue weighted by atomic mass is 79.9. The lowest BCUT2D eigenvalue weighted by Crippen LogP contribution is -1.95. The Morgan fingerprint density at radius 2 is 1.69 bits per heavy atom. The lowest BCUT2D eigenvalue weighted by atomic mass is 10.1. The quantitative estimate of drug-likeness (QED) is 0.683. The van der Waals surface area contributed by atoms with E-state index in [1.807, 2.05) is 24.3 Å². The summed E-state index contributed by atoms with van der Waals surface area (Å²) in [7, 11) is 0. The van der Waals surface area contributed by atoms with Crippen LogP contribution >= 0.6 is 15.9 Å². The maximum absolute atomic E-state index is 12.0. The Kier molecular flexibility index (Phi) is 1.91. The standard InChI is InChI=1S/C13H7BrO2/c14-7-5-10-8-3-1-2-4-9(8)13(16)12(10)11(15)6-7/h1-6,15H. The van der Waals surface area contributed by atoms with Crippen LogP contribution in [-0.2, 0) is 0 Å². The summed E-state index contributed by atoms with van der Waals surface area (Å²) in [4.78, 5) is 12.0. The fourth-order valence-corrected chi connectivity index (χ4v) is 2.54. The van der Waals surface area contributed by atoms with Crippen molar-refractivity contribution in [2.75, 3.05) is 0 Å². The normalized spacial score (nSPS) is 12.4. The second-order valence-corrected chi connectivity index (χ2v) is 4.64. The summed E-state index contributed by atoms with van der Waals surface area (Å²) in [6.07, 6.45) is 0. The van der Waals surface area contributed by atoms with Crippen molar-refractivity contribution in [1.82, 2.24) is 0 Å². The highest BCUT2D eigenvalue weighted by Gasteiger charge is 2.29. The predicted molar refractivity (Wildman–Crippen MR) is 64.7 cm³/mol. The molecule has 1 aliphatic rings. The summed E-state index contributed by atoms with van der Waals surface area (Å²) < 4.78 is 0.772. The molecule has 0 atom stereocenters. The molecular weight excluding hydrogens is 268 g/mol. The number of phenolic OH excluding ortho intramolecular Hbond substituents is 1. The first kappa shape index (κ1) is 9.60. The number of hydrogen-bond acceptors (Lipinski definition) is 2. The first-order valence-electron chi connectivity index (χ1n) is 4.85. The molecule has 78 valence electrons. The zero-order valence-corrected chi connectivity index (χ0v) is 9.78. The van der Waals surface area contributed by atoms with Gasteiger partial charge >= 0.3 is 0 Å². The third-order valence-electron chi connectivity index (χ3n) is 2.77. The van der Waals surface area contributed by atoms with Crippen molar-refractivity contribution < 1.29 is 9.90 Å². The molecule has 0 spiro atoms. The second-order valence-electron chi connectivity index (χ2n) is 3.72. The van der Waals surface area contributed by atoms with E-state index >= 15 is 0 Å². The van der Waals surface area contributed by atoms with Gasteiger partial charge in [-0.05, 0) is 23.3 Å². The van der Waals surface area contributed by atoms with E-state index in [1.54, 1.807) is 12.1 Å². The van der Waals surface area contributed by atoms with Gasteiger partial charge in [0.05, 0.1) is 5.56 Å². The zero-order chi connectivity index (χ0) is 11.3. The number of rotatable bonds is 0. The van der Waals surface area contributed by atoms with Crippen LogP contribution in [0.5, 0.6) is 5.75 Å². The van der Waals surface area contributed by atoms with Crippen LogP contribution in [0.4, 0.5) is 0 Å². The molecule has 2 nitrogen and oxygen atoms in total. The third kappa shape index (κ3) is 1.15. The van der Waals surface area contributed by atoms with E-state index in [9.17, 15) is 9.90 Å². The molecule has 16 heavy (non-hydrogen) atoms. The highest BCUT2D eigenvalue weighted by Crippen LogP contribution is 2.42. The number of ketones is 1. The maximum atomic E-state index is 12.0. The summed E-state index contributed by atoms with van der Waals surface area (Å²) in [5.41, 5.74) is 2.75. The molecule has 1 aliphatic carbocycles. The maximum Gasteiger partial charge on any atom is 0.197 e. The van der Waals surface area contributed by atoms with Crippen molar-refractivity contribution in [3.05, 3.63) is 52.0 Å². The molecule has 3 rings (SSSR count). The SMILES string of the molecule is O=C1c2ccccc2-c2cc(Br)cc(O)c21. The van der Waals surface area contributed by atoms with Gasteiger partial charge in [-0.2, -0.15) is 0 Å². The largest absolute Gasteiger partial charge is 0.507 e. The topological polar surface area (TPSA) is 37.3 Å². The zero-order valence-electron chi connectivity index (χ0n) is 8.20. The van der Waals surface area contributed by atoms with Crippen LogP contribution in [-0.4, -0.2) is 10.9 Å². The van der Waals surface area contributed by atoms with Gasteiger partial charge in [0.15, 0.2) is 5.78 Å².